The summed E-state index contributed by atoms with van der Waals surface area (Å²) >= 11 is 11.7. The molecule has 9 heteroatoms. The van der Waals surface area contributed by atoms with Crippen LogP contribution >= 0.6 is 23.2 Å². The standard InChI is InChI=1S/C16H17Cl2N3O4/c1-8(2)19-13(22)6-20(3)14(23)7-21-15(24)9-4-11(17)12(18)5-10(9)16(21)25/h4-5,8H,6-7H2,1-3H3,(H,19,22). The third-order valence-electron chi connectivity index (χ3n) is 3.56. The van der Waals surface area contributed by atoms with Crippen LogP contribution in [-0.2, 0) is 9.59 Å². The average molecular weight is 386 g/mol. The van der Waals surface area contributed by atoms with E-state index in [1.54, 1.807) is 13.8 Å². The Morgan fingerprint density at radius 3 is 2.04 bits per heavy atom. The fourth-order valence-electron chi connectivity index (χ4n) is 2.35. The van der Waals surface area contributed by atoms with Crippen LogP contribution < -0.4 is 5.32 Å². The van der Waals surface area contributed by atoms with Gasteiger partial charge in [-0.25, -0.2) is 0 Å². The molecule has 0 bridgehead atoms. The number of carbonyl (C=O) groups is 4. The van der Waals surface area contributed by atoms with E-state index in [4.69, 9.17) is 23.2 Å². The van der Waals surface area contributed by atoms with Crippen molar-refractivity contribution in [1.82, 2.24) is 15.1 Å². The lowest BCUT2D eigenvalue weighted by Crippen LogP contribution is -2.45. The van der Waals surface area contributed by atoms with Crippen LogP contribution in [0.2, 0.25) is 10.0 Å². The van der Waals surface area contributed by atoms with Crippen molar-refractivity contribution in [2.24, 2.45) is 0 Å². The van der Waals surface area contributed by atoms with Gasteiger partial charge >= 0.3 is 0 Å². The smallest absolute Gasteiger partial charge is 0.262 e. The predicted octanol–water partition coefficient (Wildman–Crippen LogP) is 1.57. The lowest BCUT2D eigenvalue weighted by atomic mass is 10.1. The van der Waals surface area contributed by atoms with Crippen molar-refractivity contribution in [1.29, 1.82) is 0 Å². The molecule has 1 heterocycles. The second-order valence-electron chi connectivity index (χ2n) is 5.98. The molecule has 1 aromatic rings. The van der Waals surface area contributed by atoms with Crippen molar-refractivity contribution in [3.05, 3.63) is 33.3 Å². The number of halogens is 2. The molecule has 0 saturated carbocycles. The van der Waals surface area contributed by atoms with Gasteiger partial charge in [0, 0.05) is 13.1 Å². The van der Waals surface area contributed by atoms with Crippen molar-refractivity contribution < 1.29 is 19.2 Å². The van der Waals surface area contributed by atoms with Crippen LogP contribution in [0.25, 0.3) is 0 Å². The molecule has 134 valence electrons. The molecule has 0 atom stereocenters. The maximum absolute atomic E-state index is 12.3. The molecule has 0 fully saturated rings. The van der Waals surface area contributed by atoms with E-state index in [0.29, 0.717) is 0 Å². The Balaban J connectivity index is 2.08. The summed E-state index contributed by atoms with van der Waals surface area (Å²) in [5.41, 5.74) is 0.208. The topological polar surface area (TPSA) is 86.8 Å². The minimum Gasteiger partial charge on any atom is -0.352 e. The second-order valence-corrected chi connectivity index (χ2v) is 6.79. The molecule has 0 aliphatic carbocycles. The van der Waals surface area contributed by atoms with Gasteiger partial charge in [-0.2, -0.15) is 0 Å². The zero-order valence-corrected chi connectivity index (χ0v) is 15.4. The summed E-state index contributed by atoms with van der Waals surface area (Å²) in [4.78, 5) is 50.6. The number of fused-ring (bicyclic) bond motifs is 1. The summed E-state index contributed by atoms with van der Waals surface area (Å²) in [5.74, 6) is -2.10. The van der Waals surface area contributed by atoms with Gasteiger partial charge in [0.05, 0.1) is 27.7 Å². The molecular formula is C16H17Cl2N3O4. The Morgan fingerprint density at radius 1 is 1.12 bits per heavy atom. The Hall–Kier alpha value is -2.12. The third kappa shape index (κ3) is 4.11. The molecule has 1 aliphatic rings. The normalized spacial score (nSPS) is 13.3. The Labute approximate surface area is 154 Å². The quantitative estimate of drug-likeness (QED) is 0.779. The van der Waals surface area contributed by atoms with Crippen molar-refractivity contribution in [2.75, 3.05) is 20.1 Å². The van der Waals surface area contributed by atoms with Crippen LogP contribution in [0.3, 0.4) is 0 Å². The van der Waals surface area contributed by atoms with E-state index in [9.17, 15) is 19.2 Å². The zero-order valence-electron chi connectivity index (χ0n) is 13.9. The van der Waals surface area contributed by atoms with Crippen LogP contribution in [0.5, 0.6) is 0 Å². The lowest BCUT2D eigenvalue weighted by molar-refractivity contribution is -0.135. The van der Waals surface area contributed by atoms with Gasteiger partial charge in [0.2, 0.25) is 11.8 Å². The van der Waals surface area contributed by atoms with Crippen molar-refractivity contribution in [2.45, 2.75) is 19.9 Å². The molecule has 1 aliphatic heterocycles. The molecule has 0 unspecified atom stereocenters. The monoisotopic (exact) mass is 385 g/mol. The number of benzene rings is 1. The first kappa shape index (κ1) is 19.2. The molecule has 1 aromatic carbocycles. The Morgan fingerprint density at radius 2 is 1.60 bits per heavy atom. The summed E-state index contributed by atoms with van der Waals surface area (Å²) in [6.45, 7) is 2.97. The number of amides is 4. The minimum atomic E-state index is -0.619. The number of hydrogen-bond donors (Lipinski definition) is 1. The second kappa shape index (κ2) is 7.41. The Kier molecular flexibility index (Phi) is 5.69. The first-order valence-corrected chi connectivity index (χ1v) is 8.26. The first-order chi connectivity index (χ1) is 11.6. The summed E-state index contributed by atoms with van der Waals surface area (Å²) in [7, 11) is 1.42. The van der Waals surface area contributed by atoms with E-state index in [1.165, 1.54) is 19.2 Å². The van der Waals surface area contributed by atoms with Crippen LogP contribution in [0.1, 0.15) is 34.6 Å². The number of imide groups is 1. The summed E-state index contributed by atoms with van der Waals surface area (Å²) in [6, 6.07) is 2.56. The fraction of sp³-hybridized carbons (Fsp3) is 0.375. The fourth-order valence-corrected chi connectivity index (χ4v) is 2.68. The number of nitrogens with one attached hydrogen (secondary N) is 1. The van der Waals surface area contributed by atoms with Gasteiger partial charge in [-0.1, -0.05) is 23.2 Å². The highest BCUT2D eigenvalue weighted by molar-refractivity contribution is 6.43. The highest BCUT2D eigenvalue weighted by Gasteiger charge is 2.38. The lowest BCUT2D eigenvalue weighted by Gasteiger charge is -2.20. The number of carbonyl (C=O) groups excluding carboxylic acids is 4. The van der Waals surface area contributed by atoms with Gasteiger partial charge in [-0.05, 0) is 26.0 Å². The molecule has 7 nitrogen and oxygen atoms in total. The van der Waals surface area contributed by atoms with E-state index in [1.807, 2.05) is 0 Å². The van der Waals surface area contributed by atoms with E-state index in [2.05, 4.69) is 5.32 Å². The van der Waals surface area contributed by atoms with Gasteiger partial charge < -0.3 is 10.2 Å². The maximum atomic E-state index is 12.3. The van der Waals surface area contributed by atoms with Gasteiger partial charge in [0.15, 0.2) is 0 Å². The first-order valence-electron chi connectivity index (χ1n) is 7.50. The SMILES string of the molecule is CC(C)NC(=O)CN(C)C(=O)CN1C(=O)c2cc(Cl)c(Cl)cc2C1=O. The van der Waals surface area contributed by atoms with E-state index in [0.717, 1.165) is 9.80 Å². The van der Waals surface area contributed by atoms with Gasteiger partial charge in [0.25, 0.3) is 11.8 Å². The molecule has 2 rings (SSSR count). The van der Waals surface area contributed by atoms with Crippen LogP contribution in [-0.4, -0.2) is 59.6 Å². The van der Waals surface area contributed by atoms with E-state index < -0.39 is 24.3 Å². The van der Waals surface area contributed by atoms with Crippen molar-refractivity contribution in [3.63, 3.8) is 0 Å². The zero-order chi connectivity index (χ0) is 18.9. The molecule has 25 heavy (non-hydrogen) atoms. The predicted molar refractivity (Wildman–Crippen MR) is 92.7 cm³/mol. The highest BCUT2D eigenvalue weighted by atomic mass is 35.5. The Bertz CT molecular complexity index is 723. The molecular weight excluding hydrogens is 369 g/mol. The van der Waals surface area contributed by atoms with Crippen LogP contribution in [0.4, 0.5) is 0 Å². The molecule has 0 radical (unpaired) electrons. The molecule has 4 amide bonds. The largest absolute Gasteiger partial charge is 0.352 e. The summed E-state index contributed by atoms with van der Waals surface area (Å²) in [5, 5.41) is 2.96. The molecule has 1 N–H and O–H groups in total. The van der Waals surface area contributed by atoms with Crippen LogP contribution in [0, 0.1) is 0 Å². The highest BCUT2D eigenvalue weighted by Crippen LogP contribution is 2.31. The van der Waals surface area contributed by atoms with Gasteiger partial charge in [0.1, 0.15) is 6.54 Å². The summed E-state index contributed by atoms with van der Waals surface area (Å²) < 4.78 is 0. The number of nitrogens with zero attached hydrogens (tertiary/aromatic N) is 2. The maximum Gasteiger partial charge on any atom is 0.262 e. The molecule has 0 saturated heterocycles. The van der Waals surface area contributed by atoms with E-state index >= 15 is 0 Å². The van der Waals surface area contributed by atoms with Crippen molar-refractivity contribution >= 4 is 46.8 Å². The van der Waals surface area contributed by atoms with Crippen LogP contribution in [0.15, 0.2) is 12.1 Å². The molecule has 0 aromatic heterocycles. The van der Waals surface area contributed by atoms with Gasteiger partial charge in [-0.3, -0.25) is 24.1 Å². The number of rotatable bonds is 5. The average Bonchev–Trinajstić information content (AvgIpc) is 2.72. The number of hydrogen-bond acceptors (Lipinski definition) is 4. The minimum absolute atomic E-state index is 0.0539. The van der Waals surface area contributed by atoms with E-state index in [-0.39, 0.29) is 39.7 Å². The third-order valence-corrected chi connectivity index (χ3v) is 4.28. The molecule has 0 spiro atoms. The summed E-state index contributed by atoms with van der Waals surface area (Å²) in [6.07, 6.45) is 0. The van der Waals surface area contributed by atoms with Gasteiger partial charge in [-0.15, -0.1) is 0 Å². The van der Waals surface area contributed by atoms with Crippen molar-refractivity contribution in [3.8, 4) is 0 Å². The number of likely N-dealkylation sites (N-methyl/N-ethyl adjacent to an activating group) is 1.